The van der Waals surface area contributed by atoms with E-state index in [4.69, 9.17) is 21.7 Å². The molecule has 11 heteroatoms. The fourth-order valence-electron chi connectivity index (χ4n) is 5.32. The second-order valence-corrected chi connectivity index (χ2v) is 12.2. The zero-order valence-corrected chi connectivity index (χ0v) is 24.5. The van der Waals surface area contributed by atoms with Crippen LogP contribution in [-0.2, 0) is 17.8 Å². The van der Waals surface area contributed by atoms with Crippen LogP contribution < -0.4 is 4.90 Å². The number of carbonyl (C=O) groups excluding carboxylic acids is 1. The molecule has 4 heterocycles. The summed E-state index contributed by atoms with van der Waals surface area (Å²) >= 11 is 7.89. The van der Waals surface area contributed by atoms with Gasteiger partial charge in [0.25, 0.3) is 0 Å². The smallest absolute Gasteiger partial charge is 0.304 e. The third-order valence-corrected chi connectivity index (χ3v) is 9.25. The van der Waals surface area contributed by atoms with E-state index in [1.807, 2.05) is 19.1 Å². The average Bonchev–Trinajstić information content (AvgIpc) is 3.54. The first kappa shape index (κ1) is 28.6. The third kappa shape index (κ3) is 6.86. The van der Waals surface area contributed by atoms with Crippen molar-refractivity contribution in [2.75, 3.05) is 44.2 Å². The molecule has 0 amide bonds. The highest BCUT2D eigenvalue weighted by Crippen LogP contribution is 2.33. The van der Waals surface area contributed by atoms with Crippen molar-refractivity contribution in [3.05, 3.63) is 56.8 Å². The summed E-state index contributed by atoms with van der Waals surface area (Å²) in [6.07, 6.45) is 5.94. The number of rotatable bonds is 10. The lowest BCUT2D eigenvalue weighted by Gasteiger charge is -2.34. The number of carbonyl (C=O) groups is 2. The standard InChI is InChI=1S/C29H35ClN6O3S/c1-19-14-21(5-6-22(19)30)29-25(18-36-8-3-4-20(36)2)40-27(33-29)15-24(37)23-16-32-26(17-31-23)35-12-10-34(11-13-35)9-7-28(38)39/h5-6,14,16-17,20H,3-4,7-13,15,18H2,1-2H3,(H,38,39)/t20-/m1/s1. The lowest BCUT2D eigenvalue weighted by atomic mass is 10.1. The number of aromatic nitrogens is 3. The van der Waals surface area contributed by atoms with E-state index in [9.17, 15) is 9.59 Å². The minimum absolute atomic E-state index is 0.105. The molecule has 0 unspecified atom stereocenters. The molecule has 5 rings (SSSR count). The van der Waals surface area contributed by atoms with Crippen molar-refractivity contribution in [1.29, 1.82) is 0 Å². The number of Topliss-reactive ketones (excluding diaryl/α,β-unsaturated/α-hetero) is 1. The molecule has 2 saturated heterocycles. The molecule has 0 bridgehead atoms. The topological polar surface area (TPSA) is 103 Å². The largest absolute Gasteiger partial charge is 0.481 e. The van der Waals surface area contributed by atoms with Gasteiger partial charge in [-0.05, 0) is 50.9 Å². The number of halogens is 1. The third-order valence-electron chi connectivity index (χ3n) is 7.78. The Morgan fingerprint density at radius 1 is 1.12 bits per heavy atom. The molecule has 1 atom stereocenters. The van der Waals surface area contributed by atoms with Gasteiger partial charge in [-0.3, -0.25) is 19.4 Å². The van der Waals surface area contributed by atoms with Crippen molar-refractivity contribution in [1.82, 2.24) is 24.8 Å². The van der Waals surface area contributed by atoms with E-state index < -0.39 is 5.97 Å². The quantitative estimate of drug-likeness (QED) is 0.344. The highest BCUT2D eigenvalue weighted by Gasteiger charge is 2.25. The van der Waals surface area contributed by atoms with E-state index in [2.05, 4.69) is 37.7 Å². The summed E-state index contributed by atoms with van der Waals surface area (Å²) in [6.45, 7) is 9.74. The highest BCUT2D eigenvalue weighted by molar-refractivity contribution is 7.12. The second kappa shape index (κ2) is 12.7. The van der Waals surface area contributed by atoms with E-state index in [1.54, 1.807) is 23.7 Å². The Morgan fingerprint density at radius 2 is 1.93 bits per heavy atom. The van der Waals surface area contributed by atoms with Crippen LogP contribution in [0.15, 0.2) is 30.6 Å². The number of hydrogen-bond donors (Lipinski definition) is 1. The molecule has 2 aliphatic heterocycles. The van der Waals surface area contributed by atoms with E-state index in [0.29, 0.717) is 18.3 Å². The van der Waals surface area contributed by atoms with Crippen LogP contribution in [0.2, 0.25) is 5.02 Å². The summed E-state index contributed by atoms with van der Waals surface area (Å²) in [6, 6.07) is 6.51. The Bertz CT molecular complexity index is 1360. The van der Waals surface area contributed by atoms with Crippen molar-refractivity contribution in [2.24, 2.45) is 0 Å². The predicted molar refractivity (Wildman–Crippen MR) is 157 cm³/mol. The first-order chi connectivity index (χ1) is 19.3. The molecule has 2 fully saturated rings. The lowest BCUT2D eigenvalue weighted by Crippen LogP contribution is -2.47. The minimum atomic E-state index is -0.778. The maximum atomic E-state index is 13.2. The Hall–Kier alpha value is -2.92. The van der Waals surface area contributed by atoms with Crippen LogP contribution in [0.5, 0.6) is 0 Å². The molecule has 2 aliphatic rings. The fourth-order valence-corrected chi connectivity index (χ4v) is 6.56. The van der Waals surface area contributed by atoms with Crippen LogP contribution in [0.4, 0.5) is 5.82 Å². The van der Waals surface area contributed by atoms with Crippen LogP contribution >= 0.6 is 22.9 Å². The number of carboxylic acids is 1. The SMILES string of the molecule is Cc1cc(-c2nc(CC(=O)c3cnc(N4CCN(CCC(=O)O)CC4)cn3)sc2CN2CCC[C@H]2C)ccc1Cl. The molecule has 3 aromatic rings. The van der Waals surface area contributed by atoms with E-state index in [1.165, 1.54) is 17.7 Å². The molecule has 1 N–H and O–H groups in total. The van der Waals surface area contributed by atoms with Crippen LogP contribution in [0.3, 0.4) is 0 Å². The molecule has 40 heavy (non-hydrogen) atoms. The van der Waals surface area contributed by atoms with Crippen LogP contribution in [0, 0.1) is 6.92 Å². The Balaban J connectivity index is 1.27. The molecule has 1 aromatic carbocycles. The molecule has 2 aromatic heterocycles. The lowest BCUT2D eigenvalue weighted by molar-refractivity contribution is -0.137. The van der Waals surface area contributed by atoms with Gasteiger partial charge in [0.2, 0.25) is 0 Å². The number of aryl methyl sites for hydroxylation is 1. The predicted octanol–water partition coefficient (Wildman–Crippen LogP) is 4.57. The van der Waals surface area contributed by atoms with Gasteiger partial charge < -0.3 is 10.0 Å². The van der Waals surface area contributed by atoms with Crippen molar-refractivity contribution < 1.29 is 14.7 Å². The maximum absolute atomic E-state index is 13.2. The Kier molecular flexibility index (Phi) is 9.10. The molecule has 212 valence electrons. The molecular weight excluding hydrogens is 548 g/mol. The van der Waals surface area contributed by atoms with Crippen LogP contribution in [0.1, 0.15) is 52.1 Å². The number of thiazole rings is 1. The molecule has 0 spiro atoms. The number of likely N-dealkylation sites (tertiary alicyclic amines) is 1. The number of piperazine rings is 1. The minimum Gasteiger partial charge on any atom is -0.481 e. The zero-order valence-electron chi connectivity index (χ0n) is 23.0. The van der Waals surface area contributed by atoms with Gasteiger partial charge in [0.15, 0.2) is 5.78 Å². The monoisotopic (exact) mass is 582 g/mol. The van der Waals surface area contributed by atoms with E-state index in [0.717, 1.165) is 71.9 Å². The van der Waals surface area contributed by atoms with Crippen molar-refractivity contribution in [3.63, 3.8) is 0 Å². The number of carboxylic acid groups (broad SMARTS) is 1. The first-order valence-corrected chi connectivity index (χ1v) is 15.0. The molecule has 9 nitrogen and oxygen atoms in total. The van der Waals surface area contributed by atoms with Crippen molar-refractivity contribution >= 4 is 40.5 Å². The summed E-state index contributed by atoms with van der Waals surface area (Å²) in [7, 11) is 0. The Labute approximate surface area is 243 Å². The normalized spacial score (nSPS) is 18.4. The molecule has 0 saturated carbocycles. The number of benzene rings is 1. The van der Waals surface area contributed by atoms with Gasteiger partial charge in [0.05, 0.1) is 30.9 Å². The first-order valence-electron chi connectivity index (χ1n) is 13.8. The van der Waals surface area contributed by atoms with Gasteiger partial charge in [-0.1, -0.05) is 17.7 Å². The number of hydrogen-bond acceptors (Lipinski definition) is 9. The number of ketones is 1. The summed E-state index contributed by atoms with van der Waals surface area (Å²) in [5.41, 5.74) is 3.28. The van der Waals surface area contributed by atoms with Gasteiger partial charge in [0, 0.05) is 60.8 Å². The second-order valence-electron chi connectivity index (χ2n) is 10.6. The van der Waals surface area contributed by atoms with Crippen molar-refractivity contribution in [3.8, 4) is 11.3 Å². The number of nitrogens with zero attached hydrogens (tertiary/aromatic N) is 6. The molecule has 0 radical (unpaired) electrons. The van der Waals surface area contributed by atoms with Gasteiger partial charge in [-0.25, -0.2) is 15.0 Å². The van der Waals surface area contributed by atoms with Crippen molar-refractivity contribution in [2.45, 2.75) is 52.1 Å². The summed E-state index contributed by atoms with van der Waals surface area (Å²) in [5, 5.41) is 10.4. The maximum Gasteiger partial charge on any atom is 0.304 e. The van der Waals surface area contributed by atoms with E-state index in [-0.39, 0.29) is 18.6 Å². The Morgan fingerprint density at radius 3 is 2.58 bits per heavy atom. The summed E-state index contributed by atoms with van der Waals surface area (Å²) < 4.78 is 0. The molecule has 0 aliphatic carbocycles. The van der Waals surface area contributed by atoms with Gasteiger partial charge >= 0.3 is 5.97 Å². The van der Waals surface area contributed by atoms with Crippen LogP contribution in [-0.4, -0.2) is 86.9 Å². The summed E-state index contributed by atoms with van der Waals surface area (Å²) in [5.74, 6) is -0.155. The van der Waals surface area contributed by atoms with E-state index >= 15 is 0 Å². The summed E-state index contributed by atoms with van der Waals surface area (Å²) in [4.78, 5) is 45.8. The van der Waals surface area contributed by atoms with Crippen LogP contribution in [0.25, 0.3) is 11.3 Å². The number of anilines is 1. The highest BCUT2D eigenvalue weighted by atomic mass is 35.5. The molecular formula is C29H35ClN6O3S. The average molecular weight is 583 g/mol. The zero-order chi connectivity index (χ0) is 28.2. The van der Waals surface area contributed by atoms with Gasteiger partial charge in [0.1, 0.15) is 16.5 Å². The van der Waals surface area contributed by atoms with Gasteiger partial charge in [-0.15, -0.1) is 11.3 Å². The fraction of sp³-hybridized carbons (Fsp3) is 0.483. The number of aliphatic carboxylic acids is 1. The van der Waals surface area contributed by atoms with Gasteiger partial charge in [-0.2, -0.15) is 0 Å².